The number of aromatic nitrogens is 1. The van der Waals surface area contributed by atoms with Crippen LogP contribution >= 0.6 is 11.3 Å². The number of para-hydroxylation sites is 1. The number of ether oxygens (including phenoxy) is 3. The molecular weight excluding hydrogens is 352 g/mol. The average Bonchev–Trinajstić information content (AvgIpc) is 2.97. The molecule has 0 radical (unpaired) electrons. The molecule has 0 atom stereocenters. The van der Waals surface area contributed by atoms with E-state index in [0.29, 0.717) is 28.5 Å². The number of thiazole rings is 1. The van der Waals surface area contributed by atoms with Gasteiger partial charge in [0.15, 0.2) is 4.80 Å². The van der Waals surface area contributed by atoms with E-state index in [1.54, 1.807) is 18.2 Å². The highest BCUT2D eigenvalue weighted by atomic mass is 32.1. The van der Waals surface area contributed by atoms with Gasteiger partial charge in [-0.2, -0.15) is 4.99 Å². The van der Waals surface area contributed by atoms with Gasteiger partial charge in [-0.25, -0.2) is 0 Å². The molecule has 6 nitrogen and oxygen atoms in total. The summed E-state index contributed by atoms with van der Waals surface area (Å²) in [5, 5.41) is 0. The number of benzene rings is 2. The molecule has 0 aliphatic rings. The summed E-state index contributed by atoms with van der Waals surface area (Å²) in [5.74, 6) is 1.21. The van der Waals surface area contributed by atoms with E-state index in [0.717, 1.165) is 16.0 Å². The lowest BCUT2D eigenvalue weighted by Crippen LogP contribution is -2.14. The number of rotatable bonds is 5. The zero-order valence-electron chi connectivity index (χ0n) is 15.1. The molecule has 26 heavy (non-hydrogen) atoms. The third-order valence-electron chi connectivity index (χ3n) is 3.92. The second-order valence-corrected chi connectivity index (χ2v) is 6.44. The number of hydrogen-bond acceptors (Lipinski definition) is 5. The van der Waals surface area contributed by atoms with E-state index in [9.17, 15) is 4.79 Å². The smallest absolute Gasteiger partial charge is 0.287 e. The van der Waals surface area contributed by atoms with Crippen molar-refractivity contribution in [1.29, 1.82) is 0 Å². The van der Waals surface area contributed by atoms with E-state index in [2.05, 4.69) is 4.99 Å². The number of carbonyl (C=O) groups excluding carboxylic acids is 1. The number of methoxy groups -OCH3 is 2. The second kappa shape index (κ2) is 7.61. The van der Waals surface area contributed by atoms with Gasteiger partial charge in [-0.15, -0.1) is 0 Å². The minimum atomic E-state index is -0.417. The lowest BCUT2D eigenvalue weighted by molar-refractivity contribution is 0.0992. The molecule has 1 aromatic heterocycles. The Balaban J connectivity index is 2.16. The molecule has 0 spiro atoms. The van der Waals surface area contributed by atoms with Crippen molar-refractivity contribution in [2.75, 3.05) is 20.8 Å². The van der Waals surface area contributed by atoms with Crippen molar-refractivity contribution in [2.24, 2.45) is 12.0 Å². The van der Waals surface area contributed by atoms with Gasteiger partial charge in [-0.1, -0.05) is 23.5 Å². The van der Waals surface area contributed by atoms with Crippen molar-refractivity contribution in [1.82, 2.24) is 4.57 Å². The average molecular weight is 372 g/mol. The van der Waals surface area contributed by atoms with Gasteiger partial charge in [0, 0.05) is 7.05 Å². The highest BCUT2D eigenvalue weighted by Gasteiger charge is 2.18. The number of fused-ring (bicyclic) bond motifs is 1. The van der Waals surface area contributed by atoms with Gasteiger partial charge in [0.2, 0.25) is 0 Å². The molecular formula is C19H20N2O4S. The van der Waals surface area contributed by atoms with Gasteiger partial charge in [0.25, 0.3) is 5.91 Å². The molecule has 3 rings (SSSR count). The zero-order valence-corrected chi connectivity index (χ0v) is 15.9. The largest absolute Gasteiger partial charge is 0.496 e. The summed E-state index contributed by atoms with van der Waals surface area (Å²) in [6, 6.07) is 11.0. The molecule has 2 aromatic carbocycles. The fourth-order valence-electron chi connectivity index (χ4n) is 2.75. The van der Waals surface area contributed by atoms with Crippen LogP contribution in [0.15, 0.2) is 41.4 Å². The van der Waals surface area contributed by atoms with E-state index in [-0.39, 0.29) is 0 Å². The first-order valence-electron chi connectivity index (χ1n) is 8.12. The molecule has 136 valence electrons. The van der Waals surface area contributed by atoms with E-state index in [4.69, 9.17) is 14.2 Å². The van der Waals surface area contributed by atoms with Crippen LogP contribution < -0.4 is 19.0 Å². The van der Waals surface area contributed by atoms with Crippen molar-refractivity contribution in [3.8, 4) is 17.2 Å². The Kier molecular flexibility index (Phi) is 5.27. The molecule has 1 amide bonds. The fraction of sp³-hybridized carbons (Fsp3) is 0.263. The summed E-state index contributed by atoms with van der Waals surface area (Å²) in [5.41, 5.74) is 1.22. The van der Waals surface area contributed by atoms with Crippen LogP contribution in [0.5, 0.6) is 17.2 Å². The molecule has 7 heteroatoms. The molecule has 0 fully saturated rings. The Morgan fingerprint density at radius 3 is 2.31 bits per heavy atom. The van der Waals surface area contributed by atoms with Gasteiger partial charge >= 0.3 is 0 Å². The normalized spacial score (nSPS) is 11.6. The van der Waals surface area contributed by atoms with Crippen LogP contribution in [-0.2, 0) is 7.05 Å². The SMILES string of the molecule is CCOc1cccc2sc(=NC(=O)c3c(OC)cccc3OC)n(C)c12. The Morgan fingerprint density at radius 2 is 1.69 bits per heavy atom. The van der Waals surface area contributed by atoms with Gasteiger partial charge in [-0.3, -0.25) is 4.79 Å². The van der Waals surface area contributed by atoms with Crippen molar-refractivity contribution < 1.29 is 19.0 Å². The maximum absolute atomic E-state index is 12.8. The second-order valence-electron chi connectivity index (χ2n) is 5.43. The van der Waals surface area contributed by atoms with Crippen molar-refractivity contribution in [3.63, 3.8) is 0 Å². The quantitative estimate of drug-likeness (QED) is 0.689. The lowest BCUT2D eigenvalue weighted by atomic mass is 10.1. The predicted molar refractivity (Wildman–Crippen MR) is 101 cm³/mol. The first kappa shape index (κ1) is 18.0. The standard InChI is InChI=1S/C19H20N2O4S/c1-5-25-14-10-7-11-15-17(14)21(2)19(26-15)20-18(22)16-12(23-3)8-6-9-13(16)24-4/h6-11H,5H2,1-4H3. The summed E-state index contributed by atoms with van der Waals surface area (Å²) >= 11 is 1.43. The van der Waals surface area contributed by atoms with Crippen molar-refractivity contribution >= 4 is 27.5 Å². The monoisotopic (exact) mass is 372 g/mol. The maximum Gasteiger partial charge on any atom is 0.287 e. The third kappa shape index (κ3) is 3.17. The van der Waals surface area contributed by atoms with Crippen LogP contribution in [-0.4, -0.2) is 31.3 Å². The third-order valence-corrected chi connectivity index (χ3v) is 5.02. The Hall–Kier alpha value is -2.80. The van der Waals surface area contributed by atoms with Crippen LogP contribution in [0, 0.1) is 0 Å². The summed E-state index contributed by atoms with van der Waals surface area (Å²) < 4.78 is 19.2. The summed E-state index contributed by atoms with van der Waals surface area (Å²) in [7, 11) is 4.89. The molecule has 3 aromatic rings. The summed E-state index contributed by atoms with van der Waals surface area (Å²) in [6.45, 7) is 2.51. The van der Waals surface area contributed by atoms with Crippen LogP contribution in [0.2, 0.25) is 0 Å². The van der Waals surface area contributed by atoms with Crippen LogP contribution in [0.1, 0.15) is 17.3 Å². The molecule has 0 N–H and O–H groups in total. The fourth-order valence-corrected chi connectivity index (χ4v) is 3.79. The highest BCUT2D eigenvalue weighted by molar-refractivity contribution is 7.16. The molecule has 0 unspecified atom stereocenters. The highest BCUT2D eigenvalue weighted by Crippen LogP contribution is 2.30. The Bertz CT molecular complexity index is 998. The van der Waals surface area contributed by atoms with Crippen molar-refractivity contribution in [3.05, 3.63) is 46.8 Å². The zero-order chi connectivity index (χ0) is 18.7. The number of nitrogens with zero attached hydrogens (tertiary/aromatic N) is 2. The molecule has 0 aliphatic heterocycles. The first-order valence-corrected chi connectivity index (χ1v) is 8.93. The van der Waals surface area contributed by atoms with Gasteiger partial charge in [-0.05, 0) is 31.2 Å². The van der Waals surface area contributed by atoms with Crippen LogP contribution in [0.3, 0.4) is 0 Å². The van der Waals surface area contributed by atoms with Gasteiger partial charge in [0.05, 0.1) is 25.5 Å². The Labute approximate surface area is 155 Å². The number of carbonyl (C=O) groups is 1. The summed E-state index contributed by atoms with van der Waals surface area (Å²) in [6.07, 6.45) is 0. The van der Waals surface area contributed by atoms with Crippen molar-refractivity contribution in [2.45, 2.75) is 6.92 Å². The summed E-state index contributed by atoms with van der Waals surface area (Å²) in [4.78, 5) is 17.7. The van der Waals surface area contributed by atoms with E-state index < -0.39 is 5.91 Å². The number of aryl methyl sites for hydroxylation is 1. The molecule has 0 saturated carbocycles. The topological polar surface area (TPSA) is 62.1 Å². The lowest BCUT2D eigenvalue weighted by Gasteiger charge is -2.09. The van der Waals surface area contributed by atoms with Gasteiger partial charge < -0.3 is 18.8 Å². The number of amides is 1. The van der Waals surface area contributed by atoms with E-state index in [1.807, 2.05) is 36.7 Å². The maximum atomic E-state index is 12.8. The van der Waals surface area contributed by atoms with Gasteiger partial charge in [0.1, 0.15) is 28.3 Å². The first-order chi connectivity index (χ1) is 12.6. The minimum absolute atomic E-state index is 0.306. The molecule has 0 bridgehead atoms. The molecule has 1 heterocycles. The van der Waals surface area contributed by atoms with Crippen LogP contribution in [0.4, 0.5) is 0 Å². The molecule has 0 saturated heterocycles. The van der Waals surface area contributed by atoms with E-state index in [1.165, 1.54) is 25.6 Å². The predicted octanol–water partition coefficient (Wildman–Crippen LogP) is 3.40. The molecule has 0 aliphatic carbocycles. The van der Waals surface area contributed by atoms with Crippen LogP contribution in [0.25, 0.3) is 10.2 Å². The minimum Gasteiger partial charge on any atom is -0.496 e. The number of hydrogen-bond donors (Lipinski definition) is 0. The Morgan fingerprint density at radius 1 is 1.08 bits per heavy atom. The van der Waals surface area contributed by atoms with E-state index >= 15 is 0 Å².